The van der Waals surface area contributed by atoms with E-state index in [2.05, 4.69) is 4.57 Å². The number of piperazine rings is 1. The first-order valence-electron chi connectivity index (χ1n) is 11.5. The first kappa shape index (κ1) is 23.1. The lowest BCUT2D eigenvalue weighted by molar-refractivity contribution is 0.0407. The number of fused-ring (bicyclic) bond motifs is 1. The zero-order valence-electron chi connectivity index (χ0n) is 19.6. The number of rotatable bonds is 5. The molecule has 4 aromatic rings. The van der Waals surface area contributed by atoms with Crippen LogP contribution in [-0.4, -0.2) is 59.0 Å². The Kier molecular flexibility index (Phi) is 6.30. The third-order valence-electron chi connectivity index (χ3n) is 6.48. The summed E-state index contributed by atoms with van der Waals surface area (Å²) in [4.78, 5) is 31.1. The van der Waals surface area contributed by atoms with Crippen LogP contribution in [0.15, 0.2) is 66.0 Å². The fourth-order valence-electron chi connectivity index (χ4n) is 4.66. The molecule has 5 rings (SSSR count). The fourth-order valence-corrected chi connectivity index (χ4v) is 5.55. The van der Waals surface area contributed by atoms with Gasteiger partial charge < -0.3 is 19.1 Å². The van der Waals surface area contributed by atoms with Crippen LogP contribution in [0.1, 0.15) is 33.3 Å². The summed E-state index contributed by atoms with van der Waals surface area (Å²) in [6.07, 6.45) is 0. The fraction of sp³-hybridized carbons (Fsp3) is 0.259. The summed E-state index contributed by atoms with van der Waals surface area (Å²) in [6, 6.07) is 17.6. The molecule has 0 bridgehead atoms. The summed E-state index contributed by atoms with van der Waals surface area (Å²) in [6.45, 7) is 3.57. The second kappa shape index (κ2) is 9.54. The van der Waals surface area contributed by atoms with E-state index in [0.29, 0.717) is 31.9 Å². The Labute approximate surface area is 207 Å². The SMILES string of the molecule is COc1cccc(Cn2c(C(=O)N3CCN(C(=O)c4ccccc4F)C(C)C3)cc3ccsc32)c1. The minimum absolute atomic E-state index is 0.0616. The van der Waals surface area contributed by atoms with Crippen molar-refractivity contribution in [1.29, 1.82) is 0 Å². The molecule has 1 aliphatic heterocycles. The molecule has 1 fully saturated rings. The predicted molar refractivity (Wildman–Crippen MR) is 135 cm³/mol. The lowest BCUT2D eigenvalue weighted by Crippen LogP contribution is -2.55. The van der Waals surface area contributed by atoms with Crippen LogP contribution in [-0.2, 0) is 6.54 Å². The maximum Gasteiger partial charge on any atom is 0.270 e. The van der Waals surface area contributed by atoms with Crippen molar-refractivity contribution in [2.45, 2.75) is 19.5 Å². The van der Waals surface area contributed by atoms with Crippen LogP contribution in [0.2, 0.25) is 0 Å². The molecule has 0 aliphatic carbocycles. The molecule has 0 N–H and O–H groups in total. The topological polar surface area (TPSA) is 54.8 Å². The number of benzene rings is 2. The highest BCUT2D eigenvalue weighted by Gasteiger charge is 2.33. The van der Waals surface area contributed by atoms with Crippen molar-refractivity contribution in [3.63, 3.8) is 0 Å². The van der Waals surface area contributed by atoms with Gasteiger partial charge in [0.25, 0.3) is 11.8 Å². The number of amides is 2. The average Bonchev–Trinajstić information content (AvgIpc) is 3.46. The molecule has 2 amide bonds. The molecule has 35 heavy (non-hydrogen) atoms. The molecule has 6 nitrogen and oxygen atoms in total. The number of aromatic nitrogens is 1. The minimum atomic E-state index is -0.529. The number of carbonyl (C=O) groups is 2. The molecule has 0 radical (unpaired) electrons. The van der Waals surface area contributed by atoms with Crippen LogP contribution in [0.25, 0.3) is 10.2 Å². The minimum Gasteiger partial charge on any atom is -0.497 e. The van der Waals surface area contributed by atoms with Crippen LogP contribution < -0.4 is 4.74 Å². The number of ether oxygens (including phenoxy) is 1. The van der Waals surface area contributed by atoms with E-state index in [1.165, 1.54) is 12.1 Å². The highest BCUT2D eigenvalue weighted by atomic mass is 32.1. The first-order valence-corrected chi connectivity index (χ1v) is 12.4. The largest absolute Gasteiger partial charge is 0.497 e. The Bertz CT molecular complexity index is 1400. The number of carbonyl (C=O) groups excluding carboxylic acids is 2. The zero-order chi connectivity index (χ0) is 24.5. The molecule has 3 heterocycles. The third kappa shape index (κ3) is 4.41. The van der Waals surface area contributed by atoms with E-state index < -0.39 is 5.82 Å². The van der Waals surface area contributed by atoms with Gasteiger partial charge in [0, 0.05) is 37.6 Å². The molecular formula is C27H26FN3O3S. The number of hydrogen-bond donors (Lipinski definition) is 0. The second-order valence-electron chi connectivity index (χ2n) is 8.73. The highest BCUT2D eigenvalue weighted by Crippen LogP contribution is 2.28. The number of hydrogen-bond acceptors (Lipinski definition) is 4. The van der Waals surface area contributed by atoms with Crippen molar-refractivity contribution in [3.05, 3.63) is 88.7 Å². The summed E-state index contributed by atoms with van der Waals surface area (Å²) in [5.41, 5.74) is 1.72. The maximum atomic E-state index is 14.2. The molecule has 1 aliphatic rings. The second-order valence-corrected chi connectivity index (χ2v) is 9.62. The molecule has 0 spiro atoms. The standard InChI is InChI=1S/C27H26FN3O3S/c1-18-16-29(11-12-30(18)25(32)22-8-3-4-9-23(22)28)26(33)24-15-20-10-13-35-27(20)31(24)17-19-6-5-7-21(14-19)34-2/h3-10,13-15,18H,11-12,16-17H2,1-2H3. The van der Waals surface area contributed by atoms with Crippen LogP contribution in [0, 0.1) is 5.82 Å². The van der Waals surface area contributed by atoms with Crippen molar-refractivity contribution >= 4 is 33.4 Å². The van der Waals surface area contributed by atoms with Crippen LogP contribution in [0.3, 0.4) is 0 Å². The highest BCUT2D eigenvalue weighted by molar-refractivity contribution is 7.16. The molecule has 2 aromatic carbocycles. The van der Waals surface area contributed by atoms with Crippen molar-refractivity contribution in [1.82, 2.24) is 14.4 Å². The van der Waals surface area contributed by atoms with Gasteiger partial charge in [-0.05, 0) is 54.3 Å². The van der Waals surface area contributed by atoms with Gasteiger partial charge >= 0.3 is 0 Å². The van der Waals surface area contributed by atoms with Crippen molar-refractivity contribution in [2.75, 3.05) is 26.7 Å². The van der Waals surface area contributed by atoms with Crippen LogP contribution >= 0.6 is 11.3 Å². The van der Waals surface area contributed by atoms with E-state index in [4.69, 9.17) is 4.74 Å². The third-order valence-corrected chi connectivity index (χ3v) is 7.43. The van der Waals surface area contributed by atoms with Gasteiger partial charge in [-0.3, -0.25) is 9.59 Å². The Morgan fingerprint density at radius 3 is 2.66 bits per heavy atom. The molecule has 2 aromatic heterocycles. The van der Waals surface area contributed by atoms with E-state index in [1.807, 2.05) is 48.7 Å². The smallest absolute Gasteiger partial charge is 0.270 e. The van der Waals surface area contributed by atoms with E-state index in [1.54, 1.807) is 40.4 Å². The average molecular weight is 492 g/mol. The molecule has 180 valence electrons. The van der Waals surface area contributed by atoms with Crippen molar-refractivity contribution in [3.8, 4) is 5.75 Å². The van der Waals surface area contributed by atoms with E-state index in [-0.39, 0.29) is 23.4 Å². The summed E-state index contributed by atoms with van der Waals surface area (Å²) >= 11 is 1.60. The summed E-state index contributed by atoms with van der Waals surface area (Å²) in [5, 5.41) is 3.05. The molecular weight excluding hydrogens is 465 g/mol. The van der Waals surface area contributed by atoms with Gasteiger partial charge in [-0.15, -0.1) is 11.3 Å². The van der Waals surface area contributed by atoms with Gasteiger partial charge in [-0.2, -0.15) is 0 Å². The van der Waals surface area contributed by atoms with Gasteiger partial charge in [0.2, 0.25) is 0 Å². The quantitative estimate of drug-likeness (QED) is 0.400. The van der Waals surface area contributed by atoms with Crippen LogP contribution in [0.4, 0.5) is 4.39 Å². The van der Waals surface area contributed by atoms with Gasteiger partial charge in [0.15, 0.2) is 0 Å². The molecule has 1 saturated heterocycles. The van der Waals surface area contributed by atoms with E-state index in [9.17, 15) is 14.0 Å². The molecule has 1 atom stereocenters. The first-order chi connectivity index (χ1) is 17.0. The summed E-state index contributed by atoms with van der Waals surface area (Å²) < 4.78 is 21.6. The lowest BCUT2D eigenvalue weighted by atomic mass is 10.1. The normalized spacial score (nSPS) is 16.0. The van der Waals surface area contributed by atoms with Crippen LogP contribution in [0.5, 0.6) is 5.75 Å². The molecule has 0 saturated carbocycles. The number of thiophene rings is 1. The number of halogens is 1. The van der Waals surface area contributed by atoms with E-state index in [0.717, 1.165) is 21.5 Å². The summed E-state index contributed by atoms with van der Waals surface area (Å²) in [7, 11) is 1.64. The molecule has 8 heteroatoms. The Morgan fingerprint density at radius 2 is 1.89 bits per heavy atom. The van der Waals surface area contributed by atoms with Crippen molar-refractivity contribution < 1.29 is 18.7 Å². The van der Waals surface area contributed by atoms with Crippen molar-refractivity contribution in [2.24, 2.45) is 0 Å². The lowest BCUT2D eigenvalue weighted by Gasteiger charge is -2.40. The van der Waals surface area contributed by atoms with Gasteiger partial charge in [-0.25, -0.2) is 4.39 Å². The zero-order valence-corrected chi connectivity index (χ0v) is 20.4. The number of methoxy groups -OCH3 is 1. The monoisotopic (exact) mass is 491 g/mol. The van der Waals surface area contributed by atoms with E-state index >= 15 is 0 Å². The van der Waals surface area contributed by atoms with Gasteiger partial charge in [-0.1, -0.05) is 24.3 Å². The van der Waals surface area contributed by atoms with Gasteiger partial charge in [0.1, 0.15) is 22.1 Å². The summed E-state index contributed by atoms with van der Waals surface area (Å²) in [5.74, 6) is -0.168. The Hall–Kier alpha value is -3.65. The maximum absolute atomic E-state index is 14.2. The number of nitrogens with zero attached hydrogens (tertiary/aromatic N) is 3. The Balaban J connectivity index is 1.37. The van der Waals surface area contributed by atoms with Gasteiger partial charge in [0.05, 0.1) is 12.7 Å². The Morgan fingerprint density at radius 1 is 1.06 bits per heavy atom. The molecule has 1 unspecified atom stereocenters. The predicted octanol–water partition coefficient (Wildman–Crippen LogP) is 4.89.